The fraction of sp³-hybridized carbons (Fsp3) is 0.429. The van der Waals surface area contributed by atoms with Crippen LogP contribution in [0.2, 0.25) is 0 Å². The molecule has 2 aliphatic rings. The van der Waals surface area contributed by atoms with Crippen molar-refractivity contribution in [2.75, 3.05) is 44.7 Å². The molecule has 0 spiro atoms. The molecule has 1 atom stereocenters. The lowest BCUT2D eigenvalue weighted by molar-refractivity contribution is -0.127. The number of piperidine rings is 1. The summed E-state index contributed by atoms with van der Waals surface area (Å²) in [6.07, 6.45) is 8.23. The predicted molar refractivity (Wildman–Crippen MR) is 141 cm³/mol. The number of anilines is 1. The van der Waals surface area contributed by atoms with Crippen LogP contribution in [0.4, 0.5) is 5.69 Å². The lowest BCUT2D eigenvalue weighted by atomic mass is 9.95. The van der Waals surface area contributed by atoms with Crippen LogP contribution in [0.1, 0.15) is 31.2 Å². The molecule has 2 fully saturated rings. The van der Waals surface area contributed by atoms with Crippen molar-refractivity contribution >= 4 is 36.0 Å². The van der Waals surface area contributed by atoms with E-state index < -0.39 is 0 Å². The SMILES string of the molecule is CN1CC(C(=O)N(CCCN2CCC(/C=C/c3ccccc3)CC2)c2ccccc2)CC1=O.Cl. The van der Waals surface area contributed by atoms with Gasteiger partial charge in [0.15, 0.2) is 0 Å². The van der Waals surface area contributed by atoms with E-state index in [1.165, 1.54) is 18.4 Å². The Hall–Kier alpha value is -2.63. The van der Waals surface area contributed by atoms with Crippen molar-refractivity contribution in [3.63, 3.8) is 0 Å². The van der Waals surface area contributed by atoms with Crippen LogP contribution in [-0.2, 0) is 9.59 Å². The van der Waals surface area contributed by atoms with Gasteiger partial charge in [-0.3, -0.25) is 9.59 Å². The first kappa shape index (κ1) is 26.0. The smallest absolute Gasteiger partial charge is 0.232 e. The summed E-state index contributed by atoms with van der Waals surface area (Å²) >= 11 is 0. The Balaban J connectivity index is 0.00000324. The largest absolute Gasteiger partial charge is 0.345 e. The van der Waals surface area contributed by atoms with Gasteiger partial charge in [0.05, 0.1) is 5.92 Å². The molecule has 2 aromatic carbocycles. The second kappa shape index (κ2) is 12.7. The number of hydrogen-bond donors (Lipinski definition) is 0. The van der Waals surface area contributed by atoms with Gasteiger partial charge in [0, 0.05) is 32.2 Å². The molecule has 0 saturated carbocycles. The third kappa shape index (κ3) is 6.94. The summed E-state index contributed by atoms with van der Waals surface area (Å²) in [7, 11) is 1.78. The third-order valence-electron chi connectivity index (χ3n) is 6.87. The Labute approximate surface area is 209 Å². The normalized spacial score (nSPS) is 19.4. The number of amides is 2. The second-order valence-electron chi connectivity index (χ2n) is 9.30. The Kier molecular flexibility index (Phi) is 9.73. The fourth-order valence-corrected chi connectivity index (χ4v) is 4.86. The van der Waals surface area contributed by atoms with Gasteiger partial charge in [0.2, 0.25) is 11.8 Å². The Morgan fingerprint density at radius 2 is 1.68 bits per heavy atom. The molecule has 0 bridgehead atoms. The number of hydrogen-bond acceptors (Lipinski definition) is 3. The van der Waals surface area contributed by atoms with E-state index >= 15 is 0 Å². The molecule has 0 aliphatic carbocycles. The molecular formula is C28H36ClN3O2. The standard InChI is InChI=1S/C28H35N3O2.ClH/c1-29-22-25(21-27(29)32)28(33)31(26-11-6-3-7-12-26)18-8-17-30-19-15-24(16-20-30)14-13-23-9-4-2-5-10-23;/h2-7,9-14,24-25H,8,15-22H2,1H3;1H/b14-13+;. The lowest BCUT2D eigenvalue weighted by Gasteiger charge is -2.32. The van der Waals surface area contributed by atoms with E-state index in [9.17, 15) is 9.59 Å². The van der Waals surface area contributed by atoms with Gasteiger partial charge in [-0.2, -0.15) is 0 Å². The van der Waals surface area contributed by atoms with Gasteiger partial charge in [-0.1, -0.05) is 60.7 Å². The molecule has 1 unspecified atom stereocenters. The first-order valence-corrected chi connectivity index (χ1v) is 12.2. The number of benzene rings is 2. The average Bonchev–Trinajstić information content (AvgIpc) is 3.20. The summed E-state index contributed by atoms with van der Waals surface area (Å²) in [5, 5.41) is 0. The van der Waals surface area contributed by atoms with E-state index in [-0.39, 0.29) is 30.1 Å². The topological polar surface area (TPSA) is 43.9 Å². The summed E-state index contributed by atoms with van der Waals surface area (Å²) in [5.41, 5.74) is 2.19. The molecule has 0 aromatic heterocycles. The highest BCUT2D eigenvalue weighted by Crippen LogP contribution is 2.24. The predicted octanol–water partition coefficient (Wildman–Crippen LogP) is 4.74. The maximum atomic E-state index is 13.3. The molecule has 4 rings (SSSR count). The van der Waals surface area contributed by atoms with Crippen LogP contribution in [0.3, 0.4) is 0 Å². The Morgan fingerprint density at radius 3 is 2.29 bits per heavy atom. The van der Waals surface area contributed by atoms with E-state index in [4.69, 9.17) is 0 Å². The zero-order valence-corrected chi connectivity index (χ0v) is 20.8. The minimum absolute atomic E-state index is 0. The number of nitrogens with zero attached hydrogens (tertiary/aromatic N) is 3. The van der Waals surface area contributed by atoms with Crippen molar-refractivity contribution in [3.05, 3.63) is 72.3 Å². The van der Waals surface area contributed by atoms with Crippen LogP contribution < -0.4 is 4.90 Å². The molecule has 2 amide bonds. The van der Waals surface area contributed by atoms with E-state index in [0.717, 1.165) is 31.7 Å². The van der Waals surface area contributed by atoms with Crippen molar-refractivity contribution in [3.8, 4) is 0 Å². The van der Waals surface area contributed by atoms with Gasteiger partial charge in [-0.25, -0.2) is 0 Å². The summed E-state index contributed by atoms with van der Waals surface area (Å²) in [5.74, 6) is 0.532. The third-order valence-corrected chi connectivity index (χ3v) is 6.87. The quantitative estimate of drug-likeness (QED) is 0.547. The van der Waals surface area contributed by atoms with Gasteiger partial charge >= 0.3 is 0 Å². The molecule has 0 radical (unpaired) electrons. The summed E-state index contributed by atoms with van der Waals surface area (Å²) in [6, 6.07) is 20.4. The molecule has 2 saturated heterocycles. The average molecular weight is 482 g/mol. The highest BCUT2D eigenvalue weighted by Gasteiger charge is 2.35. The number of carbonyl (C=O) groups is 2. The number of likely N-dealkylation sites (tertiary alicyclic amines) is 2. The minimum Gasteiger partial charge on any atom is -0.345 e. The van der Waals surface area contributed by atoms with Crippen molar-refractivity contribution in [1.82, 2.24) is 9.80 Å². The summed E-state index contributed by atoms with van der Waals surface area (Å²) < 4.78 is 0. The van der Waals surface area contributed by atoms with Crippen LogP contribution in [0.15, 0.2) is 66.7 Å². The molecule has 0 N–H and O–H groups in total. The molecular weight excluding hydrogens is 446 g/mol. The fourth-order valence-electron chi connectivity index (χ4n) is 4.86. The lowest BCUT2D eigenvalue weighted by Crippen LogP contribution is -2.40. The van der Waals surface area contributed by atoms with Gasteiger partial charge in [-0.15, -0.1) is 12.4 Å². The van der Waals surface area contributed by atoms with Gasteiger partial charge in [0.25, 0.3) is 0 Å². The van der Waals surface area contributed by atoms with Crippen LogP contribution in [0.25, 0.3) is 6.08 Å². The Morgan fingerprint density at radius 1 is 1.03 bits per heavy atom. The maximum absolute atomic E-state index is 13.3. The van der Waals surface area contributed by atoms with E-state index in [2.05, 4.69) is 41.3 Å². The Bertz CT molecular complexity index is 943. The van der Waals surface area contributed by atoms with Gasteiger partial charge in [0.1, 0.15) is 0 Å². The van der Waals surface area contributed by atoms with Crippen molar-refractivity contribution < 1.29 is 9.59 Å². The number of halogens is 1. The van der Waals surface area contributed by atoms with Crippen molar-refractivity contribution in [2.24, 2.45) is 11.8 Å². The molecule has 5 nitrogen and oxygen atoms in total. The molecule has 2 aliphatic heterocycles. The van der Waals surface area contributed by atoms with Crippen LogP contribution in [0, 0.1) is 11.8 Å². The number of carbonyl (C=O) groups excluding carboxylic acids is 2. The molecule has 2 aromatic rings. The van der Waals surface area contributed by atoms with Crippen LogP contribution >= 0.6 is 12.4 Å². The number of para-hydroxylation sites is 1. The van der Waals surface area contributed by atoms with E-state index in [1.54, 1.807) is 11.9 Å². The van der Waals surface area contributed by atoms with Crippen molar-refractivity contribution in [2.45, 2.75) is 25.7 Å². The maximum Gasteiger partial charge on any atom is 0.232 e. The first-order chi connectivity index (χ1) is 16.1. The van der Waals surface area contributed by atoms with Gasteiger partial charge < -0.3 is 14.7 Å². The van der Waals surface area contributed by atoms with E-state index in [0.29, 0.717) is 25.4 Å². The summed E-state index contributed by atoms with van der Waals surface area (Å²) in [4.78, 5) is 31.3. The molecule has 2 heterocycles. The second-order valence-corrected chi connectivity index (χ2v) is 9.30. The summed E-state index contributed by atoms with van der Waals surface area (Å²) in [6.45, 7) is 4.40. The zero-order valence-electron chi connectivity index (χ0n) is 20.0. The number of allylic oxidation sites excluding steroid dienone is 1. The zero-order chi connectivity index (χ0) is 23.0. The number of rotatable bonds is 8. The monoisotopic (exact) mass is 481 g/mol. The molecule has 34 heavy (non-hydrogen) atoms. The highest BCUT2D eigenvalue weighted by atomic mass is 35.5. The minimum atomic E-state index is -0.241. The van der Waals surface area contributed by atoms with Crippen LogP contribution in [-0.4, -0.2) is 61.4 Å². The van der Waals surface area contributed by atoms with Crippen LogP contribution in [0.5, 0.6) is 0 Å². The highest BCUT2D eigenvalue weighted by molar-refractivity contribution is 5.99. The van der Waals surface area contributed by atoms with E-state index in [1.807, 2.05) is 41.3 Å². The van der Waals surface area contributed by atoms with Gasteiger partial charge in [-0.05, 0) is 62.5 Å². The molecule has 182 valence electrons. The van der Waals surface area contributed by atoms with Crippen molar-refractivity contribution in [1.29, 1.82) is 0 Å². The first-order valence-electron chi connectivity index (χ1n) is 12.2. The molecule has 6 heteroatoms.